The van der Waals surface area contributed by atoms with E-state index in [0.29, 0.717) is 19.6 Å². The molecule has 0 aromatic heterocycles. The van der Waals surface area contributed by atoms with E-state index in [0.717, 1.165) is 25.7 Å². The summed E-state index contributed by atoms with van der Waals surface area (Å²) >= 11 is 0. The summed E-state index contributed by atoms with van der Waals surface area (Å²) in [5, 5.41) is 0. The molecule has 0 fully saturated rings. The highest BCUT2D eigenvalue weighted by Crippen LogP contribution is 2.02. The lowest BCUT2D eigenvalue weighted by Crippen LogP contribution is -2.32. The number of rotatable bonds is 10. The maximum atomic E-state index is 11.4. The lowest BCUT2D eigenvalue weighted by molar-refractivity contribution is -0.145. The molecule has 0 unspecified atom stereocenters. The maximum Gasteiger partial charge on any atom is 0.322 e. The predicted octanol–water partition coefficient (Wildman–Crippen LogP) is 2.41. The van der Waals surface area contributed by atoms with Gasteiger partial charge in [0.25, 0.3) is 0 Å². The van der Waals surface area contributed by atoms with Gasteiger partial charge in [-0.25, -0.2) is 0 Å². The van der Waals surface area contributed by atoms with Gasteiger partial charge in [0.05, 0.1) is 6.61 Å². The number of carbonyl (C=O) groups is 1. The number of nitrogens with two attached hydrogens (primary N) is 2. The molecular formula is C12H28Cl2N2O2. The number of hydrogen-bond donors (Lipinski definition) is 2. The number of halogens is 2. The first-order valence-electron chi connectivity index (χ1n) is 6.34. The topological polar surface area (TPSA) is 78.3 Å². The van der Waals surface area contributed by atoms with Gasteiger partial charge in [-0.15, -0.1) is 24.8 Å². The average Bonchev–Trinajstić information content (AvgIpc) is 2.28. The molecule has 0 rings (SSSR count). The van der Waals surface area contributed by atoms with E-state index in [4.69, 9.17) is 16.2 Å². The molecule has 0 amide bonds. The monoisotopic (exact) mass is 302 g/mol. The minimum Gasteiger partial charge on any atom is -0.465 e. The summed E-state index contributed by atoms with van der Waals surface area (Å²) in [5.41, 5.74) is 11.0. The van der Waals surface area contributed by atoms with Gasteiger partial charge in [-0.05, 0) is 25.8 Å². The average molecular weight is 303 g/mol. The van der Waals surface area contributed by atoms with Crippen LogP contribution < -0.4 is 11.5 Å². The Morgan fingerprint density at radius 2 is 1.78 bits per heavy atom. The minimum atomic E-state index is -0.474. The zero-order valence-corrected chi connectivity index (χ0v) is 12.9. The van der Waals surface area contributed by atoms with Crippen molar-refractivity contribution in [2.75, 3.05) is 13.2 Å². The highest BCUT2D eigenvalue weighted by atomic mass is 35.5. The SMILES string of the molecule is CCCCCCOC(=O)[C@@H](N)CCCCN.Cl.Cl. The molecule has 0 aromatic rings. The number of carbonyl (C=O) groups excluding carboxylic acids is 1. The highest BCUT2D eigenvalue weighted by molar-refractivity contribution is 5.85. The van der Waals surface area contributed by atoms with E-state index < -0.39 is 6.04 Å². The molecule has 0 aromatic carbocycles. The fraction of sp³-hybridized carbons (Fsp3) is 0.917. The normalized spacial score (nSPS) is 11.1. The first-order valence-corrected chi connectivity index (χ1v) is 6.34. The molecule has 0 radical (unpaired) electrons. The van der Waals surface area contributed by atoms with Crippen molar-refractivity contribution < 1.29 is 9.53 Å². The lowest BCUT2D eigenvalue weighted by Gasteiger charge is -2.10. The van der Waals surface area contributed by atoms with Gasteiger partial charge in [0.2, 0.25) is 0 Å². The maximum absolute atomic E-state index is 11.4. The molecule has 0 aliphatic heterocycles. The first-order chi connectivity index (χ1) is 7.72. The third kappa shape index (κ3) is 14.0. The molecule has 18 heavy (non-hydrogen) atoms. The van der Waals surface area contributed by atoms with Gasteiger partial charge >= 0.3 is 5.97 Å². The molecule has 0 aliphatic carbocycles. The van der Waals surface area contributed by atoms with Crippen LogP contribution in [-0.2, 0) is 9.53 Å². The van der Waals surface area contributed by atoms with Crippen molar-refractivity contribution in [1.82, 2.24) is 0 Å². The van der Waals surface area contributed by atoms with E-state index in [2.05, 4.69) is 6.92 Å². The summed E-state index contributed by atoms with van der Waals surface area (Å²) in [7, 11) is 0. The van der Waals surface area contributed by atoms with Crippen molar-refractivity contribution >= 4 is 30.8 Å². The molecule has 0 aliphatic rings. The molecule has 112 valence electrons. The van der Waals surface area contributed by atoms with Crippen LogP contribution in [0.5, 0.6) is 0 Å². The summed E-state index contributed by atoms with van der Waals surface area (Å²) < 4.78 is 5.09. The van der Waals surface area contributed by atoms with Crippen molar-refractivity contribution in [3.63, 3.8) is 0 Å². The van der Waals surface area contributed by atoms with Crippen LogP contribution in [0.4, 0.5) is 0 Å². The Bertz CT molecular complexity index is 183. The Morgan fingerprint density at radius 1 is 1.11 bits per heavy atom. The number of esters is 1. The van der Waals surface area contributed by atoms with Crippen LogP contribution in [0.1, 0.15) is 51.9 Å². The minimum absolute atomic E-state index is 0. The number of unbranched alkanes of at least 4 members (excludes halogenated alkanes) is 4. The van der Waals surface area contributed by atoms with E-state index >= 15 is 0 Å². The lowest BCUT2D eigenvalue weighted by atomic mass is 10.1. The smallest absolute Gasteiger partial charge is 0.322 e. The van der Waals surface area contributed by atoms with E-state index in [1.165, 1.54) is 12.8 Å². The van der Waals surface area contributed by atoms with Gasteiger partial charge in [-0.3, -0.25) is 4.79 Å². The van der Waals surface area contributed by atoms with Crippen LogP contribution in [0.3, 0.4) is 0 Å². The van der Waals surface area contributed by atoms with Gasteiger partial charge in [0.1, 0.15) is 6.04 Å². The molecule has 0 bridgehead atoms. The second kappa shape index (κ2) is 17.0. The fourth-order valence-electron chi connectivity index (χ4n) is 1.44. The van der Waals surface area contributed by atoms with Crippen molar-refractivity contribution in [2.24, 2.45) is 11.5 Å². The Kier molecular flexibility index (Phi) is 21.8. The molecule has 0 heterocycles. The Labute approximate surface area is 123 Å². The highest BCUT2D eigenvalue weighted by Gasteiger charge is 2.13. The van der Waals surface area contributed by atoms with Gasteiger partial charge in [-0.2, -0.15) is 0 Å². The van der Waals surface area contributed by atoms with Crippen LogP contribution in [0.15, 0.2) is 0 Å². The quantitative estimate of drug-likeness (QED) is 0.480. The van der Waals surface area contributed by atoms with Crippen molar-refractivity contribution in [3.05, 3.63) is 0 Å². The second-order valence-electron chi connectivity index (χ2n) is 4.12. The van der Waals surface area contributed by atoms with Gasteiger partial charge in [-0.1, -0.05) is 32.6 Å². The molecule has 0 saturated heterocycles. The van der Waals surface area contributed by atoms with E-state index in [1.807, 2.05) is 0 Å². The molecule has 6 heteroatoms. The zero-order chi connectivity index (χ0) is 12.2. The van der Waals surface area contributed by atoms with Crippen molar-refractivity contribution in [3.8, 4) is 0 Å². The molecule has 4 N–H and O–H groups in total. The van der Waals surface area contributed by atoms with E-state index in [-0.39, 0.29) is 30.8 Å². The third-order valence-electron chi connectivity index (χ3n) is 2.51. The molecule has 0 spiro atoms. The Hall–Kier alpha value is -0.0300. The van der Waals surface area contributed by atoms with Crippen molar-refractivity contribution in [2.45, 2.75) is 57.9 Å². The summed E-state index contributed by atoms with van der Waals surface area (Å²) in [5.74, 6) is -0.270. The number of ether oxygens (including phenoxy) is 1. The van der Waals surface area contributed by atoms with Gasteiger partial charge in [0, 0.05) is 0 Å². The first kappa shape index (κ1) is 23.1. The summed E-state index contributed by atoms with van der Waals surface area (Å²) in [4.78, 5) is 11.4. The van der Waals surface area contributed by atoms with Crippen LogP contribution in [0.25, 0.3) is 0 Å². The molecule has 1 atom stereocenters. The fourth-order valence-corrected chi connectivity index (χ4v) is 1.44. The summed E-state index contributed by atoms with van der Waals surface area (Å²) in [6.07, 6.45) is 6.92. The molecular weight excluding hydrogens is 275 g/mol. The summed E-state index contributed by atoms with van der Waals surface area (Å²) in [6, 6.07) is -0.474. The van der Waals surface area contributed by atoms with Gasteiger partial charge < -0.3 is 16.2 Å². The molecule has 4 nitrogen and oxygen atoms in total. The molecule has 0 saturated carbocycles. The van der Waals surface area contributed by atoms with Crippen molar-refractivity contribution in [1.29, 1.82) is 0 Å². The van der Waals surface area contributed by atoms with Gasteiger partial charge in [0.15, 0.2) is 0 Å². The van der Waals surface area contributed by atoms with Crippen LogP contribution in [0.2, 0.25) is 0 Å². The van der Waals surface area contributed by atoms with Crippen LogP contribution >= 0.6 is 24.8 Å². The van der Waals surface area contributed by atoms with Crippen LogP contribution in [-0.4, -0.2) is 25.2 Å². The largest absolute Gasteiger partial charge is 0.465 e. The zero-order valence-electron chi connectivity index (χ0n) is 11.2. The standard InChI is InChI=1S/C12H26N2O2.2ClH/c1-2-3-4-7-10-16-12(15)11(14)8-5-6-9-13;;/h11H,2-10,13-14H2,1H3;2*1H/t11-;;/m0../s1. The predicted molar refractivity (Wildman–Crippen MR) is 80.5 cm³/mol. The third-order valence-corrected chi connectivity index (χ3v) is 2.51. The second-order valence-corrected chi connectivity index (χ2v) is 4.12. The number of hydrogen-bond acceptors (Lipinski definition) is 4. The van der Waals surface area contributed by atoms with E-state index in [9.17, 15) is 4.79 Å². The Balaban J connectivity index is -0.00000112. The Morgan fingerprint density at radius 3 is 2.33 bits per heavy atom. The van der Waals surface area contributed by atoms with E-state index in [1.54, 1.807) is 0 Å². The summed E-state index contributed by atoms with van der Waals surface area (Å²) in [6.45, 7) is 3.31. The van der Waals surface area contributed by atoms with Crippen LogP contribution in [0, 0.1) is 0 Å².